The van der Waals surface area contributed by atoms with E-state index in [4.69, 9.17) is 0 Å². The zero-order valence-corrected chi connectivity index (χ0v) is 14.3. The molecule has 0 bridgehead atoms. The number of amides is 1. The lowest BCUT2D eigenvalue weighted by Gasteiger charge is -2.07. The first-order valence-electron chi connectivity index (χ1n) is 7.65. The smallest absolute Gasteiger partial charge is 0.271 e. The van der Waals surface area contributed by atoms with Crippen molar-refractivity contribution in [2.45, 2.75) is 10.8 Å². The fourth-order valence-corrected chi connectivity index (χ4v) is 2.98. The van der Waals surface area contributed by atoms with Crippen LogP contribution in [0, 0.1) is 10.1 Å². The molecule has 3 aromatic rings. The molecule has 26 heavy (non-hydrogen) atoms. The lowest BCUT2D eigenvalue weighted by Crippen LogP contribution is -2.12. The third-order valence-electron chi connectivity index (χ3n) is 3.43. The number of hydrogen-bond acceptors (Lipinski definition) is 6. The van der Waals surface area contributed by atoms with Gasteiger partial charge in [0.2, 0.25) is 0 Å². The van der Waals surface area contributed by atoms with Crippen molar-refractivity contribution in [1.82, 2.24) is 9.97 Å². The van der Waals surface area contributed by atoms with Crippen molar-refractivity contribution < 1.29 is 9.72 Å². The minimum Gasteiger partial charge on any atom is -0.322 e. The predicted molar refractivity (Wildman–Crippen MR) is 99.1 cm³/mol. The van der Waals surface area contributed by atoms with E-state index in [1.165, 1.54) is 30.0 Å². The van der Waals surface area contributed by atoms with E-state index >= 15 is 0 Å². The highest BCUT2D eigenvalue weighted by Crippen LogP contribution is 2.21. The fourth-order valence-electron chi connectivity index (χ4n) is 2.22. The maximum absolute atomic E-state index is 12.4. The molecule has 1 amide bonds. The largest absolute Gasteiger partial charge is 0.322 e. The van der Waals surface area contributed by atoms with Crippen molar-refractivity contribution in [2.24, 2.45) is 0 Å². The first-order valence-corrected chi connectivity index (χ1v) is 8.64. The summed E-state index contributed by atoms with van der Waals surface area (Å²) in [7, 11) is 0. The second kappa shape index (κ2) is 8.21. The molecule has 0 aliphatic heterocycles. The minimum absolute atomic E-state index is 0.0723. The number of non-ortho nitro benzene ring substituents is 1. The highest BCUT2D eigenvalue weighted by molar-refractivity contribution is 7.98. The molecule has 1 aromatic heterocycles. The molecule has 3 rings (SSSR count). The Hall–Kier alpha value is -3.26. The molecule has 2 aromatic carbocycles. The van der Waals surface area contributed by atoms with Crippen LogP contribution in [0.1, 0.15) is 15.9 Å². The Morgan fingerprint density at radius 2 is 2.00 bits per heavy atom. The Morgan fingerprint density at radius 1 is 1.15 bits per heavy atom. The molecule has 0 atom stereocenters. The van der Waals surface area contributed by atoms with E-state index in [0.717, 1.165) is 10.6 Å². The average Bonchev–Trinajstić information content (AvgIpc) is 2.67. The summed E-state index contributed by atoms with van der Waals surface area (Å²) in [5.41, 5.74) is 1.75. The van der Waals surface area contributed by atoms with Crippen LogP contribution < -0.4 is 5.32 Å². The summed E-state index contributed by atoms with van der Waals surface area (Å²) in [6.07, 6.45) is 4.93. The first-order chi connectivity index (χ1) is 12.6. The number of nitro groups is 1. The molecule has 130 valence electrons. The highest BCUT2D eigenvalue weighted by atomic mass is 32.2. The van der Waals surface area contributed by atoms with Crippen LogP contribution in [-0.2, 0) is 5.75 Å². The summed E-state index contributed by atoms with van der Waals surface area (Å²) < 4.78 is 0. The summed E-state index contributed by atoms with van der Waals surface area (Å²) in [5, 5.41) is 14.3. The minimum atomic E-state index is -0.500. The lowest BCUT2D eigenvalue weighted by molar-refractivity contribution is -0.384. The molecule has 0 radical (unpaired) electrons. The average molecular weight is 366 g/mol. The van der Waals surface area contributed by atoms with Crippen LogP contribution in [0.15, 0.2) is 72.1 Å². The van der Waals surface area contributed by atoms with Crippen LogP contribution in [-0.4, -0.2) is 20.8 Å². The molecule has 0 saturated heterocycles. The lowest BCUT2D eigenvalue weighted by atomic mass is 10.1. The maximum Gasteiger partial charge on any atom is 0.271 e. The number of aromatic nitrogens is 2. The van der Waals surface area contributed by atoms with Gasteiger partial charge in [-0.15, -0.1) is 11.8 Å². The maximum atomic E-state index is 12.4. The van der Waals surface area contributed by atoms with Crippen molar-refractivity contribution in [1.29, 1.82) is 0 Å². The van der Waals surface area contributed by atoms with Crippen molar-refractivity contribution >= 4 is 29.0 Å². The molecule has 1 N–H and O–H groups in total. The van der Waals surface area contributed by atoms with Gasteiger partial charge in [0, 0.05) is 41.5 Å². The molecule has 0 aliphatic carbocycles. The molecular formula is C18H14N4O3S. The van der Waals surface area contributed by atoms with E-state index in [1.807, 2.05) is 6.07 Å². The van der Waals surface area contributed by atoms with Crippen LogP contribution in [0.3, 0.4) is 0 Å². The van der Waals surface area contributed by atoms with Gasteiger partial charge in [-0.3, -0.25) is 19.9 Å². The quantitative estimate of drug-likeness (QED) is 0.403. The number of carbonyl (C=O) groups is 1. The number of anilines is 1. The van der Waals surface area contributed by atoms with Crippen LogP contribution in [0.25, 0.3) is 0 Å². The molecule has 1 heterocycles. The number of benzene rings is 2. The second-order valence-corrected chi connectivity index (χ2v) is 6.29. The van der Waals surface area contributed by atoms with Crippen molar-refractivity contribution in [2.75, 3.05) is 5.32 Å². The summed E-state index contributed by atoms with van der Waals surface area (Å²) in [4.78, 5) is 30.9. The molecular weight excluding hydrogens is 352 g/mol. The molecule has 0 aliphatic rings. The van der Waals surface area contributed by atoms with Crippen molar-refractivity contribution in [3.05, 3.63) is 88.4 Å². The van der Waals surface area contributed by atoms with Gasteiger partial charge in [0.1, 0.15) is 5.03 Å². The van der Waals surface area contributed by atoms with Gasteiger partial charge in [0.05, 0.1) is 11.1 Å². The third-order valence-corrected chi connectivity index (χ3v) is 4.41. The van der Waals surface area contributed by atoms with Crippen LogP contribution >= 0.6 is 11.8 Å². The van der Waals surface area contributed by atoms with Crippen molar-refractivity contribution in [3.63, 3.8) is 0 Å². The Kier molecular flexibility index (Phi) is 5.55. The van der Waals surface area contributed by atoms with Gasteiger partial charge in [0.25, 0.3) is 11.6 Å². The fraction of sp³-hybridized carbons (Fsp3) is 0.0556. The Balaban J connectivity index is 1.68. The van der Waals surface area contributed by atoms with Gasteiger partial charge in [-0.1, -0.05) is 18.2 Å². The molecule has 0 saturated carbocycles. The number of carbonyl (C=O) groups excluding carboxylic acids is 1. The first kappa shape index (κ1) is 17.6. The SMILES string of the molecule is O=C(Nc1cccc([N+](=O)[O-])c1)c1cccc(CSc2cnccn2)c1. The van der Waals surface area contributed by atoms with E-state index in [2.05, 4.69) is 15.3 Å². The number of nitrogens with one attached hydrogen (secondary N) is 1. The summed E-state index contributed by atoms with van der Waals surface area (Å²) in [6.45, 7) is 0. The molecule has 0 spiro atoms. The van der Waals surface area contributed by atoms with Gasteiger partial charge in [-0.25, -0.2) is 4.98 Å². The van der Waals surface area contributed by atoms with Crippen LogP contribution in [0.4, 0.5) is 11.4 Å². The normalized spacial score (nSPS) is 10.3. The number of nitro benzene ring substituents is 1. The van der Waals surface area contributed by atoms with Gasteiger partial charge >= 0.3 is 0 Å². The van der Waals surface area contributed by atoms with E-state index in [0.29, 0.717) is 17.0 Å². The van der Waals surface area contributed by atoms with E-state index in [1.54, 1.807) is 42.9 Å². The predicted octanol–water partition coefficient (Wildman–Crippen LogP) is 3.93. The van der Waals surface area contributed by atoms with Gasteiger partial charge in [0.15, 0.2) is 0 Å². The van der Waals surface area contributed by atoms with Crippen molar-refractivity contribution in [3.8, 4) is 0 Å². The highest BCUT2D eigenvalue weighted by Gasteiger charge is 2.10. The third kappa shape index (κ3) is 4.64. The Morgan fingerprint density at radius 3 is 2.77 bits per heavy atom. The van der Waals surface area contributed by atoms with Crippen LogP contribution in [0.5, 0.6) is 0 Å². The van der Waals surface area contributed by atoms with E-state index in [9.17, 15) is 14.9 Å². The summed E-state index contributed by atoms with van der Waals surface area (Å²) in [5.74, 6) is 0.327. The molecule has 7 nitrogen and oxygen atoms in total. The van der Waals surface area contributed by atoms with Gasteiger partial charge in [-0.05, 0) is 23.8 Å². The number of thioether (sulfide) groups is 1. The number of nitrogens with zero attached hydrogens (tertiary/aromatic N) is 3. The molecule has 8 heteroatoms. The van der Waals surface area contributed by atoms with Gasteiger partial charge < -0.3 is 5.32 Å². The van der Waals surface area contributed by atoms with E-state index in [-0.39, 0.29) is 11.6 Å². The molecule has 0 unspecified atom stereocenters. The monoisotopic (exact) mass is 366 g/mol. The zero-order chi connectivity index (χ0) is 18.4. The van der Waals surface area contributed by atoms with E-state index < -0.39 is 4.92 Å². The summed E-state index contributed by atoms with van der Waals surface area (Å²) >= 11 is 1.52. The molecule has 0 fully saturated rings. The topological polar surface area (TPSA) is 98.0 Å². The number of hydrogen-bond donors (Lipinski definition) is 1. The summed E-state index contributed by atoms with van der Waals surface area (Å²) in [6, 6.07) is 13.0. The number of rotatable bonds is 6. The standard InChI is InChI=1S/C18H14N4O3S/c23-18(21-15-5-2-6-16(10-15)22(24)25)14-4-1-3-13(9-14)12-26-17-11-19-7-8-20-17/h1-11H,12H2,(H,21,23). The second-order valence-electron chi connectivity index (χ2n) is 5.29. The zero-order valence-electron chi connectivity index (χ0n) is 13.5. The Bertz CT molecular complexity index is 934. The Labute approximate surface area is 153 Å². The van der Waals surface area contributed by atoms with Gasteiger partial charge in [-0.2, -0.15) is 0 Å². The van der Waals surface area contributed by atoms with Crippen LogP contribution in [0.2, 0.25) is 0 Å².